The Hall–Kier alpha value is -0.610. The van der Waals surface area contributed by atoms with Crippen LogP contribution in [0.5, 0.6) is 0 Å². The molecule has 108 valence electrons. The lowest BCUT2D eigenvalue weighted by Gasteiger charge is -2.26. The summed E-state index contributed by atoms with van der Waals surface area (Å²) in [5.41, 5.74) is 0. The van der Waals surface area contributed by atoms with Gasteiger partial charge in [0.2, 0.25) is 0 Å². The number of ether oxygens (including phenoxy) is 1. The number of esters is 1. The van der Waals surface area contributed by atoms with Gasteiger partial charge in [-0.2, -0.15) is 0 Å². The van der Waals surface area contributed by atoms with Gasteiger partial charge in [-0.25, -0.2) is 0 Å². The molecule has 0 spiro atoms. The van der Waals surface area contributed by atoms with E-state index in [0.29, 0.717) is 12.6 Å². The quantitative estimate of drug-likeness (QED) is 0.643. The van der Waals surface area contributed by atoms with Gasteiger partial charge in [-0.1, -0.05) is 20.8 Å². The molecule has 0 fully saturated rings. The zero-order chi connectivity index (χ0) is 14.1. The van der Waals surface area contributed by atoms with Crippen LogP contribution in [0, 0.1) is 0 Å². The molecule has 0 radical (unpaired) electrons. The third-order valence-corrected chi connectivity index (χ3v) is 3.22. The zero-order valence-corrected chi connectivity index (χ0v) is 12.8. The molecule has 0 saturated carbocycles. The summed E-state index contributed by atoms with van der Waals surface area (Å²) < 4.78 is 5.10. The van der Waals surface area contributed by atoms with Gasteiger partial charge in [-0.15, -0.1) is 0 Å². The fourth-order valence-electron chi connectivity index (χ4n) is 1.78. The van der Waals surface area contributed by atoms with Gasteiger partial charge in [0, 0.05) is 18.6 Å². The molecule has 1 N–H and O–H groups in total. The Morgan fingerprint density at radius 1 is 1.28 bits per heavy atom. The first-order valence-electron chi connectivity index (χ1n) is 7.05. The third-order valence-electron chi connectivity index (χ3n) is 3.22. The van der Waals surface area contributed by atoms with Crippen molar-refractivity contribution < 1.29 is 9.53 Å². The molecule has 0 aliphatic rings. The van der Waals surface area contributed by atoms with E-state index < -0.39 is 0 Å². The zero-order valence-electron chi connectivity index (χ0n) is 12.8. The van der Waals surface area contributed by atoms with Crippen LogP contribution >= 0.6 is 0 Å². The Morgan fingerprint density at radius 2 is 1.89 bits per heavy atom. The highest BCUT2D eigenvalue weighted by molar-refractivity contribution is 5.75. The van der Waals surface area contributed by atoms with Gasteiger partial charge in [0.15, 0.2) is 0 Å². The standard InChI is InChI=1S/C14H30N2O2/c1-7-12(5)16(6)10-9-13(15-11(3)4)14(17)18-8-2/h11-13,15H,7-10H2,1-6H3. The maximum absolute atomic E-state index is 11.8. The second-order valence-corrected chi connectivity index (χ2v) is 5.15. The molecule has 0 rings (SSSR count). The smallest absolute Gasteiger partial charge is 0.323 e. The third kappa shape index (κ3) is 6.97. The molecule has 0 aromatic carbocycles. The minimum atomic E-state index is -0.198. The summed E-state index contributed by atoms with van der Waals surface area (Å²) in [5.74, 6) is -0.135. The van der Waals surface area contributed by atoms with Crippen molar-refractivity contribution in [2.45, 2.75) is 65.6 Å². The van der Waals surface area contributed by atoms with E-state index >= 15 is 0 Å². The van der Waals surface area contributed by atoms with Crippen LogP contribution in [-0.2, 0) is 9.53 Å². The number of carbonyl (C=O) groups is 1. The molecular formula is C14H30N2O2. The van der Waals surface area contributed by atoms with E-state index in [2.05, 4.69) is 31.1 Å². The Balaban J connectivity index is 4.27. The number of rotatable bonds is 9. The van der Waals surface area contributed by atoms with Crippen LogP contribution in [0.3, 0.4) is 0 Å². The van der Waals surface area contributed by atoms with Crippen molar-refractivity contribution in [1.29, 1.82) is 0 Å². The van der Waals surface area contributed by atoms with Gasteiger partial charge in [0.05, 0.1) is 6.61 Å². The van der Waals surface area contributed by atoms with Crippen molar-refractivity contribution in [1.82, 2.24) is 10.2 Å². The van der Waals surface area contributed by atoms with Gasteiger partial charge in [-0.05, 0) is 33.7 Å². The molecule has 0 aliphatic carbocycles. The first kappa shape index (κ1) is 17.4. The Labute approximate surface area is 112 Å². The number of hydrogen-bond donors (Lipinski definition) is 1. The molecule has 4 nitrogen and oxygen atoms in total. The van der Waals surface area contributed by atoms with Crippen LogP contribution in [0.2, 0.25) is 0 Å². The first-order chi connectivity index (χ1) is 8.42. The lowest BCUT2D eigenvalue weighted by atomic mass is 10.1. The van der Waals surface area contributed by atoms with E-state index in [0.717, 1.165) is 19.4 Å². The van der Waals surface area contributed by atoms with Crippen molar-refractivity contribution >= 4 is 5.97 Å². The Kier molecular flexibility index (Phi) is 9.02. The lowest BCUT2D eigenvalue weighted by molar-refractivity contribution is -0.146. The summed E-state index contributed by atoms with van der Waals surface area (Å²) in [7, 11) is 2.10. The summed E-state index contributed by atoms with van der Waals surface area (Å²) in [6, 6.07) is 0.636. The van der Waals surface area contributed by atoms with E-state index in [-0.39, 0.29) is 18.1 Å². The van der Waals surface area contributed by atoms with Crippen LogP contribution in [0.15, 0.2) is 0 Å². The summed E-state index contributed by atoms with van der Waals surface area (Å²) in [4.78, 5) is 14.1. The molecule has 2 atom stereocenters. The molecule has 0 bridgehead atoms. The number of carbonyl (C=O) groups excluding carboxylic acids is 1. The highest BCUT2D eigenvalue weighted by Crippen LogP contribution is 2.05. The minimum Gasteiger partial charge on any atom is -0.465 e. The van der Waals surface area contributed by atoms with E-state index in [1.54, 1.807) is 0 Å². The maximum Gasteiger partial charge on any atom is 0.323 e. The van der Waals surface area contributed by atoms with Crippen molar-refractivity contribution in [2.24, 2.45) is 0 Å². The van der Waals surface area contributed by atoms with Crippen LogP contribution in [-0.4, -0.2) is 49.2 Å². The molecule has 2 unspecified atom stereocenters. The highest BCUT2D eigenvalue weighted by Gasteiger charge is 2.21. The lowest BCUT2D eigenvalue weighted by Crippen LogP contribution is -2.44. The van der Waals surface area contributed by atoms with Crippen molar-refractivity contribution in [3.8, 4) is 0 Å². The molecule has 0 aliphatic heterocycles. The predicted molar refractivity (Wildman–Crippen MR) is 75.7 cm³/mol. The minimum absolute atomic E-state index is 0.135. The topological polar surface area (TPSA) is 41.6 Å². The molecule has 4 heteroatoms. The SMILES string of the molecule is CCOC(=O)C(CCN(C)C(C)CC)NC(C)C. The predicted octanol–water partition coefficient (Wildman–Crippen LogP) is 2.04. The average molecular weight is 258 g/mol. The van der Waals surface area contributed by atoms with Crippen molar-refractivity contribution in [3.63, 3.8) is 0 Å². The molecule has 0 heterocycles. The molecule has 0 aromatic rings. The maximum atomic E-state index is 11.8. The van der Waals surface area contributed by atoms with E-state index in [1.807, 2.05) is 20.8 Å². The van der Waals surface area contributed by atoms with Crippen LogP contribution in [0.4, 0.5) is 0 Å². The molecule has 0 aromatic heterocycles. The summed E-state index contributed by atoms with van der Waals surface area (Å²) in [6.45, 7) is 11.7. The normalized spacial score (nSPS) is 14.9. The van der Waals surface area contributed by atoms with Gasteiger partial charge < -0.3 is 15.0 Å². The first-order valence-corrected chi connectivity index (χ1v) is 7.05. The number of nitrogens with one attached hydrogen (secondary N) is 1. The largest absolute Gasteiger partial charge is 0.465 e. The monoisotopic (exact) mass is 258 g/mol. The average Bonchev–Trinajstić information content (AvgIpc) is 2.32. The van der Waals surface area contributed by atoms with Crippen LogP contribution in [0.25, 0.3) is 0 Å². The van der Waals surface area contributed by atoms with Crippen LogP contribution in [0.1, 0.15) is 47.5 Å². The number of hydrogen-bond acceptors (Lipinski definition) is 4. The van der Waals surface area contributed by atoms with Crippen molar-refractivity contribution in [2.75, 3.05) is 20.2 Å². The van der Waals surface area contributed by atoms with Gasteiger partial charge >= 0.3 is 5.97 Å². The Morgan fingerprint density at radius 3 is 2.33 bits per heavy atom. The van der Waals surface area contributed by atoms with Crippen molar-refractivity contribution in [3.05, 3.63) is 0 Å². The fraction of sp³-hybridized carbons (Fsp3) is 0.929. The summed E-state index contributed by atoms with van der Waals surface area (Å²) in [6.07, 6.45) is 1.91. The van der Waals surface area contributed by atoms with Gasteiger partial charge in [0.1, 0.15) is 6.04 Å². The van der Waals surface area contributed by atoms with E-state index in [4.69, 9.17) is 4.74 Å². The van der Waals surface area contributed by atoms with Gasteiger partial charge in [-0.3, -0.25) is 4.79 Å². The highest BCUT2D eigenvalue weighted by atomic mass is 16.5. The molecule has 18 heavy (non-hydrogen) atoms. The second-order valence-electron chi connectivity index (χ2n) is 5.15. The Bertz CT molecular complexity index is 232. The summed E-state index contributed by atoms with van der Waals surface area (Å²) in [5, 5.41) is 3.28. The molecule has 0 amide bonds. The van der Waals surface area contributed by atoms with E-state index in [1.165, 1.54) is 0 Å². The molecular weight excluding hydrogens is 228 g/mol. The van der Waals surface area contributed by atoms with Gasteiger partial charge in [0.25, 0.3) is 0 Å². The molecule has 0 saturated heterocycles. The summed E-state index contributed by atoms with van der Waals surface area (Å²) >= 11 is 0. The fourth-order valence-corrected chi connectivity index (χ4v) is 1.78. The van der Waals surface area contributed by atoms with Crippen LogP contribution < -0.4 is 5.32 Å². The van der Waals surface area contributed by atoms with E-state index in [9.17, 15) is 4.79 Å². The number of nitrogens with zero attached hydrogens (tertiary/aromatic N) is 1. The second kappa shape index (κ2) is 9.34.